The number of primary sulfonamides is 1. The molecule has 9 heteroatoms. The van der Waals surface area contributed by atoms with Crippen molar-refractivity contribution in [2.45, 2.75) is 11.8 Å². The minimum absolute atomic E-state index is 0.106. The van der Waals surface area contributed by atoms with Gasteiger partial charge in [0.2, 0.25) is 10.0 Å². The van der Waals surface area contributed by atoms with Crippen molar-refractivity contribution in [3.05, 3.63) is 88.3 Å². The second kappa shape index (κ2) is 7.29. The summed E-state index contributed by atoms with van der Waals surface area (Å²) in [5, 5.41) is 8.45. The number of anilines is 1. The number of nitrogens with zero attached hydrogens (tertiary/aromatic N) is 1. The highest BCUT2D eigenvalue weighted by atomic mass is 32.2. The van der Waals surface area contributed by atoms with Gasteiger partial charge < -0.3 is 10.3 Å². The first kappa shape index (κ1) is 19.6. The molecule has 4 rings (SSSR count). The fourth-order valence-electron chi connectivity index (χ4n) is 3.14. The number of aryl methyl sites for hydroxylation is 1. The second-order valence-electron chi connectivity index (χ2n) is 6.86. The molecule has 2 aromatic heterocycles. The number of amides is 1. The Hall–Kier alpha value is -3.69. The summed E-state index contributed by atoms with van der Waals surface area (Å²) in [5.74, 6) is -0.485. The number of carbonyl (C=O) groups is 1. The Labute approximate surface area is 172 Å². The Morgan fingerprint density at radius 1 is 1.03 bits per heavy atom. The van der Waals surface area contributed by atoms with E-state index >= 15 is 0 Å². The lowest BCUT2D eigenvalue weighted by Gasteiger charge is -2.08. The van der Waals surface area contributed by atoms with Crippen molar-refractivity contribution in [1.29, 1.82) is 0 Å². The van der Waals surface area contributed by atoms with Gasteiger partial charge in [0.15, 0.2) is 0 Å². The summed E-state index contributed by atoms with van der Waals surface area (Å²) in [6.07, 6.45) is 0. The lowest BCUT2D eigenvalue weighted by Crippen LogP contribution is -2.18. The average Bonchev–Trinajstić information content (AvgIpc) is 3.13. The van der Waals surface area contributed by atoms with Crippen molar-refractivity contribution < 1.29 is 13.2 Å². The van der Waals surface area contributed by atoms with Crippen molar-refractivity contribution in [3.63, 3.8) is 0 Å². The Bertz CT molecular complexity index is 1430. The Kier molecular flexibility index (Phi) is 4.76. The quantitative estimate of drug-likeness (QED) is 0.467. The molecule has 0 saturated heterocycles. The van der Waals surface area contributed by atoms with Gasteiger partial charge in [-0.1, -0.05) is 23.8 Å². The van der Waals surface area contributed by atoms with Gasteiger partial charge in [-0.25, -0.2) is 13.6 Å². The minimum Gasteiger partial charge on any atom is -0.336 e. The maximum absolute atomic E-state index is 12.7. The van der Waals surface area contributed by atoms with Crippen molar-refractivity contribution in [1.82, 2.24) is 9.55 Å². The van der Waals surface area contributed by atoms with Crippen molar-refractivity contribution in [2.75, 3.05) is 5.32 Å². The Morgan fingerprint density at radius 2 is 1.77 bits per heavy atom. The highest BCUT2D eigenvalue weighted by Gasteiger charge is 2.15. The van der Waals surface area contributed by atoms with Gasteiger partial charge in [0, 0.05) is 17.1 Å². The van der Waals surface area contributed by atoms with E-state index in [2.05, 4.69) is 10.3 Å². The van der Waals surface area contributed by atoms with Gasteiger partial charge >= 0.3 is 0 Å². The molecule has 0 saturated carbocycles. The smallest absolute Gasteiger partial charge is 0.272 e. The Balaban J connectivity index is 1.72. The highest BCUT2D eigenvalue weighted by Crippen LogP contribution is 2.20. The zero-order valence-corrected chi connectivity index (χ0v) is 16.7. The number of rotatable bonds is 4. The lowest BCUT2D eigenvalue weighted by atomic mass is 10.2. The van der Waals surface area contributed by atoms with E-state index in [-0.39, 0.29) is 21.8 Å². The summed E-state index contributed by atoms with van der Waals surface area (Å²) in [5.41, 5.74) is 2.48. The van der Waals surface area contributed by atoms with Gasteiger partial charge in [0.05, 0.1) is 10.6 Å². The van der Waals surface area contributed by atoms with Crippen LogP contribution in [0.3, 0.4) is 0 Å². The van der Waals surface area contributed by atoms with E-state index in [1.54, 1.807) is 18.2 Å². The molecule has 30 heavy (non-hydrogen) atoms. The lowest BCUT2D eigenvalue weighted by molar-refractivity contribution is 0.102. The van der Waals surface area contributed by atoms with Crippen LogP contribution in [0.15, 0.2) is 76.4 Å². The molecule has 8 nitrogen and oxygen atoms in total. The predicted molar refractivity (Wildman–Crippen MR) is 114 cm³/mol. The van der Waals surface area contributed by atoms with Gasteiger partial charge in [-0.05, 0) is 49.4 Å². The zero-order chi connectivity index (χ0) is 21.5. The monoisotopic (exact) mass is 422 g/mol. The van der Waals surface area contributed by atoms with E-state index < -0.39 is 15.9 Å². The fourth-order valence-corrected chi connectivity index (χ4v) is 3.70. The van der Waals surface area contributed by atoms with Crippen LogP contribution in [0.5, 0.6) is 0 Å². The molecule has 1 amide bonds. The van der Waals surface area contributed by atoms with Crippen LogP contribution < -0.4 is 16.0 Å². The first-order valence-electron chi connectivity index (χ1n) is 8.98. The number of hydrogen-bond donors (Lipinski definition) is 3. The maximum atomic E-state index is 12.7. The van der Waals surface area contributed by atoms with Gasteiger partial charge in [0.25, 0.3) is 11.5 Å². The van der Waals surface area contributed by atoms with Crippen molar-refractivity contribution in [3.8, 4) is 5.69 Å². The summed E-state index contributed by atoms with van der Waals surface area (Å²) in [7, 11) is -3.89. The Morgan fingerprint density at radius 3 is 2.47 bits per heavy atom. The molecule has 2 aromatic carbocycles. The number of benzene rings is 2. The number of H-pyrrole nitrogens is 1. The van der Waals surface area contributed by atoms with Crippen molar-refractivity contribution >= 4 is 32.7 Å². The molecule has 0 unspecified atom stereocenters. The number of carbonyl (C=O) groups excluding carboxylic acids is 1. The van der Waals surface area contributed by atoms with Crippen LogP contribution in [0, 0.1) is 6.92 Å². The van der Waals surface area contributed by atoms with E-state index in [9.17, 15) is 18.0 Å². The third-order valence-corrected chi connectivity index (χ3v) is 5.54. The van der Waals surface area contributed by atoms with Crippen LogP contribution in [-0.2, 0) is 10.0 Å². The molecule has 0 radical (unpaired) electrons. The molecule has 4 aromatic rings. The summed E-state index contributed by atoms with van der Waals surface area (Å²) in [6, 6.07) is 17.8. The van der Waals surface area contributed by atoms with Crippen LogP contribution in [-0.4, -0.2) is 23.9 Å². The zero-order valence-electron chi connectivity index (χ0n) is 15.9. The standard InChI is InChI=1S/C21H18N4O4S/c1-13-5-8-16(9-6-13)25-19(26)10-7-14-11-18(24-20(14)25)21(27)23-15-3-2-4-17(12-15)30(22,28)29/h2-12,24H,1H3,(H,23,27)(H2,22,28,29). The number of aromatic nitrogens is 2. The number of sulfonamides is 1. The van der Waals surface area contributed by atoms with E-state index in [0.29, 0.717) is 16.7 Å². The van der Waals surface area contributed by atoms with Crippen LogP contribution in [0.2, 0.25) is 0 Å². The molecule has 0 aliphatic rings. The SMILES string of the molecule is Cc1ccc(-n2c(=O)ccc3cc(C(=O)Nc4cccc(S(N)(=O)=O)c4)[nH]c32)cc1. The van der Waals surface area contributed by atoms with Gasteiger partial charge in [-0.2, -0.15) is 0 Å². The molecule has 0 aliphatic heterocycles. The normalized spacial score (nSPS) is 11.5. The first-order valence-corrected chi connectivity index (χ1v) is 10.5. The molecule has 0 fully saturated rings. The van der Waals surface area contributed by atoms with E-state index in [4.69, 9.17) is 5.14 Å². The van der Waals surface area contributed by atoms with Crippen LogP contribution in [0.4, 0.5) is 5.69 Å². The van der Waals surface area contributed by atoms with Crippen LogP contribution in [0.25, 0.3) is 16.7 Å². The topological polar surface area (TPSA) is 127 Å². The average molecular weight is 422 g/mol. The summed E-state index contributed by atoms with van der Waals surface area (Å²) in [6.45, 7) is 1.95. The van der Waals surface area contributed by atoms with Crippen molar-refractivity contribution in [2.24, 2.45) is 5.14 Å². The first-order chi connectivity index (χ1) is 14.2. The number of hydrogen-bond acceptors (Lipinski definition) is 4. The second-order valence-corrected chi connectivity index (χ2v) is 8.42. The largest absolute Gasteiger partial charge is 0.336 e. The maximum Gasteiger partial charge on any atom is 0.272 e. The van der Waals surface area contributed by atoms with Gasteiger partial charge in [-0.3, -0.25) is 14.2 Å². The fraction of sp³-hybridized carbons (Fsp3) is 0.0476. The highest BCUT2D eigenvalue weighted by molar-refractivity contribution is 7.89. The van der Waals surface area contributed by atoms with Gasteiger partial charge in [-0.15, -0.1) is 0 Å². The molecule has 0 spiro atoms. The van der Waals surface area contributed by atoms with Gasteiger partial charge in [0.1, 0.15) is 11.3 Å². The molecule has 0 aliphatic carbocycles. The molecule has 0 atom stereocenters. The predicted octanol–water partition coefficient (Wildman–Crippen LogP) is 2.53. The third-order valence-electron chi connectivity index (χ3n) is 4.63. The number of nitrogens with one attached hydrogen (secondary N) is 2. The molecule has 2 heterocycles. The van der Waals surface area contributed by atoms with E-state index in [0.717, 1.165) is 5.56 Å². The van der Waals surface area contributed by atoms with Crippen LogP contribution >= 0.6 is 0 Å². The summed E-state index contributed by atoms with van der Waals surface area (Å²) >= 11 is 0. The number of aromatic amines is 1. The third kappa shape index (κ3) is 3.76. The molecular weight excluding hydrogens is 404 g/mol. The molecular formula is C21H18N4O4S. The van der Waals surface area contributed by atoms with E-state index in [1.165, 1.54) is 28.8 Å². The number of pyridine rings is 1. The summed E-state index contributed by atoms with van der Waals surface area (Å²) in [4.78, 5) is 28.1. The minimum atomic E-state index is -3.89. The molecule has 152 valence electrons. The number of fused-ring (bicyclic) bond motifs is 1. The number of nitrogens with two attached hydrogens (primary N) is 1. The summed E-state index contributed by atoms with van der Waals surface area (Å²) < 4.78 is 24.5. The van der Waals surface area contributed by atoms with Crippen LogP contribution in [0.1, 0.15) is 16.1 Å². The molecule has 0 bridgehead atoms. The molecule has 4 N–H and O–H groups in total. The van der Waals surface area contributed by atoms with E-state index in [1.807, 2.05) is 31.2 Å².